The van der Waals surface area contributed by atoms with Crippen LogP contribution in [-0.2, 0) is 0 Å². The molecule has 0 N–H and O–H groups in total. The second kappa shape index (κ2) is 9.04. The summed E-state index contributed by atoms with van der Waals surface area (Å²) < 4.78 is 13.2. The number of benzene rings is 2. The molecule has 1 amide bonds. The first-order valence-corrected chi connectivity index (χ1v) is 10.8. The number of anilines is 2. The predicted octanol–water partition coefficient (Wildman–Crippen LogP) is 3.32. The number of amides is 1. The third-order valence-corrected chi connectivity index (χ3v) is 6.34. The lowest BCUT2D eigenvalue weighted by atomic mass is 10.0. The standard InChI is InChI=1S/C24H31FN4O/c1-26(2)21-9-5-19(6-10-21)24(30)29-13-3-4-23(18-29)28-16-14-27(15-17-28)22-11-7-20(25)8-12-22/h5-12,23H,3-4,13-18H2,1-2H3/t23-/m0/s1. The predicted molar refractivity (Wildman–Crippen MR) is 120 cm³/mol. The number of hydrogen-bond acceptors (Lipinski definition) is 4. The van der Waals surface area contributed by atoms with E-state index in [4.69, 9.17) is 0 Å². The summed E-state index contributed by atoms with van der Waals surface area (Å²) in [5.41, 5.74) is 2.95. The summed E-state index contributed by atoms with van der Waals surface area (Å²) in [6.07, 6.45) is 2.18. The van der Waals surface area contributed by atoms with Crippen molar-refractivity contribution < 1.29 is 9.18 Å². The summed E-state index contributed by atoms with van der Waals surface area (Å²) in [7, 11) is 4.00. The minimum atomic E-state index is -0.194. The molecular weight excluding hydrogens is 379 g/mol. The summed E-state index contributed by atoms with van der Waals surface area (Å²) in [6.45, 7) is 5.44. The van der Waals surface area contributed by atoms with Gasteiger partial charge in [-0.15, -0.1) is 0 Å². The molecule has 2 aromatic rings. The maximum absolute atomic E-state index is 13.2. The van der Waals surface area contributed by atoms with Crippen molar-refractivity contribution in [3.8, 4) is 0 Å². The molecule has 2 aliphatic rings. The van der Waals surface area contributed by atoms with E-state index in [1.165, 1.54) is 12.1 Å². The van der Waals surface area contributed by atoms with E-state index in [2.05, 4.69) is 9.80 Å². The normalized spacial score (nSPS) is 20.3. The Labute approximate surface area is 178 Å². The molecule has 5 nitrogen and oxygen atoms in total. The van der Waals surface area contributed by atoms with Crippen LogP contribution in [-0.4, -0.2) is 75.1 Å². The van der Waals surface area contributed by atoms with Crippen LogP contribution in [0.5, 0.6) is 0 Å². The minimum absolute atomic E-state index is 0.134. The van der Waals surface area contributed by atoms with E-state index in [9.17, 15) is 9.18 Å². The van der Waals surface area contributed by atoms with Crippen LogP contribution in [0.1, 0.15) is 23.2 Å². The van der Waals surface area contributed by atoms with Crippen LogP contribution >= 0.6 is 0 Å². The second-order valence-electron chi connectivity index (χ2n) is 8.49. The topological polar surface area (TPSA) is 30.0 Å². The van der Waals surface area contributed by atoms with E-state index in [1.54, 1.807) is 0 Å². The van der Waals surface area contributed by atoms with Gasteiger partial charge in [0.2, 0.25) is 0 Å². The molecule has 2 aromatic carbocycles. The largest absolute Gasteiger partial charge is 0.378 e. The van der Waals surface area contributed by atoms with Crippen molar-refractivity contribution in [2.75, 3.05) is 63.2 Å². The van der Waals surface area contributed by atoms with Gasteiger partial charge in [-0.25, -0.2) is 4.39 Å². The number of carbonyl (C=O) groups is 1. The van der Waals surface area contributed by atoms with Gasteiger partial charge in [-0.2, -0.15) is 0 Å². The zero-order valence-electron chi connectivity index (χ0n) is 17.9. The number of piperidine rings is 1. The summed E-state index contributed by atoms with van der Waals surface area (Å²) in [6, 6.07) is 15.0. The van der Waals surface area contributed by atoms with Gasteiger partial charge in [0, 0.05) is 76.3 Å². The molecule has 6 heteroatoms. The number of halogens is 1. The van der Waals surface area contributed by atoms with E-state index in [1.807, 2.05) is 60.3 Å². The average Bonchev–Trinajstić information content (AvgIpc) is 2.79. The van der Waals surface area contributed by atoms with E-state index in [0.29, 0.717) is 6.04 Å². The highest BCUT2D eigenvalue weighted by Gasteiger charge is 2.30. The Morgan fingerprint density at radius 2 is 1.60 bits per heavy atom. The first kappa shape index (κ1) is 20.7. The lowest BCUT2D eigenvalue weighted by molar-refractivity contribution is 0.0563. The van der Waals surface area contributed by atoms with Gasteiger partial charge < -0.3 is 14.7 Å². The molecule has 4 rings (SSSR count). The van der Waals surface area contributed by atoms with Gasteiger partial charge in [0.05, 0.1) is 0 Å². The quantitative estimate of drug-likeness (QED) is 0.774. The van der Waals surface area contributed by atoms with Crippen molar-refractivity contribution in [1.29, 1.82) is 0 Å². The van der Waals surface area contributed by atoms with Gasteiger partial charge in [-0.3, -0.25) is 9.69 Å². The Hall–Kier alpha value is -2.60. The molecular formula is C24H31FN4O. The Morgan fingerprint density at radius 1 is 0.933 bits per heavy atom. The molecule has 2 aliphatic heterocycles. The number of piperazine rings is 1. The van der Waals surface area contributed by atoms with Crippen LogP contribution in [0.3, 0.4) is 0 Å². The number of nitrogens with zero attached hydrogens (tertiary/aromatic N) is 4. The molecule has 0 saturated carbocycles. The lowest BCUT2D eigenvalue weighted by Gasteiger charge is -2.44. The maximum Gasteiger partial charge on any atom is 0.253 e. The van der Waals surface area contributed by atoms with Gasteiger partial charge in [0.1, 0.15) is 5.82 Å². The summed E-state index contributed by atoms with van der Waals surface area (Å²) in [4.78, 5) is 21.9. The third-order valence-electron chi connectivity index (χ3n) is 6.34. The van der Waals surface area contributed by atoms with Crippen LogP contribution in [0, 0.1) is 5.82 Å². The van der Waals surface area contributed by atoms with Crippen LogP contribution in [0.4, 0.5) is 15.8 Å². The number of likely N-dealkylation sites (tertiary alicyclic amines) is 1. The highest BCUT2D eigenvalue weighted by Crippen LogP contribution is 2.23. The highest BCUT2D eigenvalue weighted by molar-refractivity contribution is 5.94. The Morgan fingerprint density at radius 3 is 2.23 bits per heavy atom. The molecule has 0 spiro atoms. The fourth-order valence-corrected chi connectivity index (χ4v) is 4.52. The van der Waals surface area contributed by atoms with Crippen molar-refractivity contribution in [3.05, 3.63) is 59.9 Å². The van der Waals surface area contributed by atoms with Crippen molar-refractivity contribution >= 4 is 17.3 Å². The summed E-state index contributed by atoms with van der Waals surface area (Å²) >= 11 is 0. The van der Waals surface area contributed by atoms with Gasteiger partial charge in [-0.05, 0) is 61.4 Å². The van der Waals surface area contributed by atoms with E-state index < -0.39 is 0 Å². The molecule has 2 saturated heterocycles. The fraction of sp³-hybridized carbons (Fsp3) is 0.458. The van der Waals surface area contributed by atoms with Crippen LogP contribution in [0.2, 0.25) is 0 Å². The molecule has 0 aromatic heterocycles. The Bertz CT molecular complexity index is 845. The lowest BCUT2D eigenvalue weighted by Crippen LogP contribution is -2.55. The van der Waals surface area contributed by atoms with E-state index in [-0.39, 0.29) is 11.7 Å². The van der Waals surface area contributed by atoms with Gasteiger partial charge in [0.15, 0.2) is 0 Å². The van der Waals surface area contributed by atoms with E-state index >= 15 is 0 Å². The number of rotatable bonds is 4. The molecule has 2 fully saturated rings. The number of hydrogen-bond donors (Lipinski definition) is 0. The molecule has 0 bridgehead atoms. The zero-order valence-corrected chi connectivity index (χ0v) is 17.9. The smallest absolute Gasteiger partial charge is 0.253 e. The van der Waals surface area contributed by atoms with Gasteiger partial charge >= 0.3 is 0 Å². The van der Waals surface area contributed by atoms with Crippen molar-refractivity contribution in [2.24, 2.45) is 0 Å². The van der Waals surface area contributed by atoms with Crippen LogP contribution in [0.15, 0.2) is 48.5 Å². The van der Waals surface area contributed by atoms with Crippen molar-refractivity contribution in [1.82, 2.24) is 9.80 Å². The Balaban J connectivity index is 1.34. The van der Waals surface area contributed by atoms with Gasteiger partial charge in [-0.1, -0.05) is 0 Å². The zero-order chi connectivity index (χ0) is 21.1. The van der Waals surface area contributed by atoms with Crippen LogP contribution in [0.25, 0.3) is 0 Å². The molecule has 0 unspecified atom stereocenters. The first-order chi connectivity index (χ1) is 14.5. The monoisotopic (exact) mass is 410 g/mol. The van der Waals surface area contributed by atoms with Crippen molar-refractivity contribution in [2.45, 2.75) is 18.9 Å². The van der Waals surface area contributed by atoms with E-state index in [0.717, 1.165) is 69.0 Å². The highest BCUT2D eigenvalue weighted by atomic mass is 19.1. The van der Waals surface area contributed by atoms with Crippen LogP contribution < -0.4 is 9.80 Å². The SMILES string of the molecule is CN(C)c1ccc(C(=O)N2CCC[C@H](N3CCN(c4ccc(F)cc4)CC3)C2)cc1. The molecule has 2 heterocycles. The fourth-order valence-electron chi connectivity index (χ4n) is 4.52. The molecule has 0 radical (unpaired) electrons. The Kier molecular flexibility index (Phi) is 6.23. The molecule has 30 heavy (non-hydrogen) atoms. The summed E-state index contributed by atoms with van der Waals surface area (Å²) in [5.74, 6) is -0.0596. The average molecular weight is 411 g/mol. The third kappa shape index (κ3) is 4.59. The first-order valence-electron chi connectivity index (χ1n) is 10.8. The molecule has 160 valence electrons. The van der Waals surface area contributed by atoms with Gasteiger partial charge in [0.25, 0.3) is 5.91 Å². The van der Waals surface area contributed by atoms with Crippen molar-refractivity contribution in [3.63, 3.8) is 0 Å². The molecule has 0 aliphatic carbocycles. The minimum Gasteiger partial charge on any atom is -0.378 e. The maximum atomic E-state index is 13.2. The summed E-state index contributed by atoms with van der Waals surface area (Å²) in [5, 5.41) is 0. The number of carbonyl (C=O) groups excluding carboxylic acids is 1. The molecule has 1 atom stereocenters. The second-order valence-corrected chi connectivity index (χ2v) is 8.49.